The maximum absolute atomic E-state index is 11.5. The lowest BCUT2D eigenvalue weighted by atomic mass is 9.43. The van der Waals surface area contributed by atoms with Crippen LogP contribution in [0.1, 0.15) is 104 Å². The fourth-order valence-electron chi connectivity index (χ4n) is 9.82. The molecular weight excluding hydrogens is 440 g/mol. The molecule has 0 saturated heterocycles. The van der Waals surface area contributed by atoms with Crippen molar-refractivity contribution in [3.63, 3.8) is 0 Å². The Morgan fingerprint density at radius 1 is 0.971 bits per heavy atom. The van der Waals surface area contributed by atoms with Gasteiger partial charge in [-0.2, -0.15) is 0 Å². The van der Waals surface area contributed by atoms with E-state index in [1.54, 1.807) is 7.11 Å². The Bertz CT molecular complexity index is 726. The van der Waals surface area contributed by atoms with E-state index >= 15 is 0 Å². The first kappa shape index (κ1) is 27.4. The summed E-state index contributed by atoms with van der Waals surface area (Å²) in [4.78, 5) is 11.2. The summed E-state index contributed by atoms with van der Waals surface area (Å²) in [6, 6.07) is 0. The summed E-state index contributed by atoms with van der Waals surface area (Å²) in [5.74, 6) is 3.62. The molecule has 0 amide bonds. The zero-order valence-corrected chi connectivity index (χ0v) is 22.9. The first-order chi connectivity index (χ1) is 16.6. The summed E-state index contributed by atoms with van der Waals surface area (Å²) < 4.78 is 10.7. The topological polar surface area (TPSA) is 76.0 Å². The lowest BCUT2D eigenvalue weighted by Gasteiger charge is -2.62. The highest BCUT2D eigenvalue weighted by atomic mass is 16.5. The van der Waals surface area contributed by atoms with Crippen LogP contribution in [-0.4, -0.2) is 48.7 Å². The van der Waals surface area contributed by atoms with E-state index in [1.165, 1.54) is 44.9 Å². The van der Waals surface area contributed by atoms with Gasteiger partial charge in [0.1, 0.15) is 0 Å². The van der Waals surface area contributed by atoms with Crippen LogP contribution in [0.5, 0.6) is 0 Å². The maximum atomic E-state index is 11.5. The summed E-state index contributed by atoms with van der Waals surface area (Å²) in [5, 5.41) is 20.7. The minimum Gasteiger partial charge on any atom is -0.481 e. The number of rotatable bonds is 11. The Kier molecular flexibility index (Phi) is 8.60. The minimum atomic E-state index is -0.651. The molecule has 4 aliphatic rings. The Balaban J connectivity index is 1.36. The molecule has 2 N–H and O–H groups in total. The molecular formula is C30H52O5. The molecule has 35 heavy (non-hydrogen) atoms. The van der Waals surface area contributed by atoms with Crippen molar-refractivity contribution in [2.24, 2.45) is 46.3 Å². The van der Waals surface area contributed by atoms with Crippen LogP contribution < -0.4 is 0 Å². The molecule has 0 aromatic carbocycles. The Hall–Kier alpha value is -0.650. The number of carbonyl (C=O) groups is 1. The summed E-state index contributed by atoms with van der Waals surface area (Å²) >= 11 is 0. The second kappa shape index (κ2) is 11.0. The molecule has 0 aromatic rings. The SMILES string of the molecule is COCCOCCC[C@]1(O)CC[C@@]2(C)[C@H](CC[C@@H]3[C@@H]2CC[C@]2(C)[C@@H]([C@H](C)CCC(=O)O)CC[C@@H]32)C1. The molecule has 0 unspecified atom stereocenters. The highest BCUT2D eigenvalue weighted by molar-refractivity contribution is 5.66. The standard InChI is InChI=1S/C30H52O5/c1-21(6-11-27(31)32)24-9-10-25-23-8-7-22-20-30(33,13-5-17-35-19-18-34-4)16-15-28(22,2)26(23)12-14-29(24,25)3/h21-26,33H,5-20H2,1-4H3,(H,31,32)/t21-,22-,23+,24-,25+,26+,28+,29-,30+/m1/s1. The van der Waals surface area contributed by atoms with Crippen LogP contribution in [-0.2, 0) is 14.3 Å². The zero-order chi connectivity index (χ0) is 25.3. The summed E-state index contributed by atoms with van der Waals surface area (Å²) in [6.45, 7) is 9.44. The average molecular weight is 493 g/mol. The first-order valence-electron chi connectivity index (χ1n) is 14.6. The molecule has 4 aliphatic carbocycles. The van der Waals surface area contributed by atoms with Gasteiger partial charge >= 0.3 is 5.97 Å². The van der Waals surface area contributed by atoms with Gasteiger partial charge in [0.2, 0.25) is 0 Å². The summed E-state index contributed by atoms with van der Waals surface area (Å²) in [7, 11) is 1.70. The molecule has 0 aliphatic heterocycles. The predicted molar refractivity (Wildman–Crippen MR) is 138 cm³/mol. The minimum absolute atomic E-state index is 0.312. The van der Waals surface area contributed by atoms with E-state index in [0.29, 0.717) is 54.8 Å². The van der Waals surface area contributed by atoms with Crippen LogP contribution in [0.25, 0.3) is 0 Å². The van der Waals surface area contributed by atoms with Crippen molar-refractivity contribution in [1.82, 2.24) is 0 Å². The number of carboxylic acid groups (broad SMARTS) is 1. The second-order valence-electron chi connectivity index (χ2n) is 13.4. The molecule has 4 saturated carbocycles. The van der Waals surface area contributed by atoms with Gasteiger partial charge in [-0.15, -0.1) is 0 Å². The third kappa shape index (κ3) is 5.48. The van der Waals surface area contributed by atoms with Crippen LogP contribution in [0.2, 0.25) is 0 Å². The Labute approximate surface area is 213 Å². The number of hydrogen-bond donors (Lipinski definition) is 2. The number of hydrogen-bond acceptors (Lipinski definition) is 4. The van der Waals surface area contributed by atoms with Gasteiger partial charge in [0, 0.05) is 20.1 Å². The lowest BCUT2D eigenvalue weighted by Crippen LogP contribution is -2.56. The third-order valence-electron chi connectivity index (χ3n) is 11.8. The molecule has 4 rings (SSSR count). The molecule has 5 nitrogen and oxygen atoms in total. The van der Waals surface area contributed by atoms with Gasteiger partial charge in [-0.05, 0) is 123 Å². The molecule has 9 atom stereocenters. The van der Waals surface area contributed by atoms with Crippen molar-refractivity contribution < 1.29 is 24.5 Å². The van der Waals surface area contributed by atoms with E-state index in [9.17, 15) is 15.0 Å². The van der Waals surface area contributed by atoms with Gasteiger partial charge in [0.25, 0.3) is 0 Å². The van der Waals surface area contributed by atoms with E-state index in [2.05, 4.69) is 20.8 Å². The molecule has 0 aromatic heterocycles. The van der Waals surface area contributed by atoms with E-state index in [1.807, 2.05) is 0 Å². The van der Waals surface area contributed by atoms with Gasteiger partial charge in [-0.3, -0.25) is 4.79 Å². The second-order valence-corrected chi connectivity index (χ2v) is 13.4. The number of ether oxygens (including phenoxy) is 2. The molecule has 202 valence electrons. The Morgan fingerprint density at radius 2 is 1.74 bits per heavy atom. The van der Waals surface area contributed by atoms with E-state index in [4.69, 9.17) is 9.47 Å². The molecule has 0 heterocycles. The fourth-order valence-corrected chi connectivity index (χ4v) is 9.82. The number of carboxylic acids is 1. The van der Waals surface area contributed by atoms with Gasteiger partial charge in [0.15, 0.2) is 0 Å². The number of methoxy groups -OCH3 is 1. The molecule has 0 spiro atoms. The van der Waals surface area contributed by atoms with Crippen molar-refractivity contribution in [3.8, 4) is 0 Å². The van der Waals surface area contributed by atoms with Crippen LogP contribution in [0, 0.1) is 46.3 Å². The summed E-state index contributed by atoms with van der Waals surface area (Å²) in [6.07, 6.45) is 13.9. The van der Waals surface area contributed by atoms with Gasteiger partial charge in [-0.25, -0.2) is 0 Å². The van der Waals surface area contributed by atoms with E-state index < -0.39 is 11.6 Å². The van der Waals surface area contributed by atoms with Crippen molar-refractivity contribution >= 4 is 5.97 Å². The van der Waals surface area contributed by atoms with Crippen LogP contribution in [0.4, 0.5) is 0 Å². The molecule has 0 bridgehead atoms. The highest BCUT2D eigenvalue weighted by Gasteiger charge is 2.61. The van der Waals surface area contributed by atoms with Crippen molar-refractivity contribution in [2.45, 2.75) is 110 Å². The molecule has 0 radical (unpaired) electrons. The van der Waals surface area contributed by atoms with Crippen LogP contribution >= 0.6 is 0 Å². The Morgan fingerprint density at radius 3 is 2.49 bits per heavy atom. The maximum Gasteiger partial charge on any atom is 0.303 e. The van der Waals surface area contributed by atoms with Crippen LogP contribution in [0.3, 0.4) is 0 Å². The zero-order valence-electron chi connectivity index (χ0n) is 22.9. The monoisotopic (exact) mass is 492 g/mol. The van der Waals surface area contributed by atoms with Gasteiger partial charge in [0.05, 0.1) is 18.8 Å². The quantitative estimate of drug-likeness (QED) is 0.330. The average Bonchev–Trinajstić information content (AvgIpc) is 3.18. The molecule has 4 fully saturated rings. The normalized spacial score (nSPS) is 43.7. The highest BCUT2D eigenvalue weighted by Crippen LogP contribution is 2.69. The molecule has 5 heteroatoms. The lowest BCUT2D eigenvalue weighted by molar-refractivity contribution is -0.154. The largest absolute Gasteiger partial charge is 0.481 e. The van der Waals surface area contributed by atoms with Crippen LogP contribution in [0.15, 0.2) is 0 Å². The van der Waals surface area contributed by atoms with E-state index in [-0.39, 0.29) is 0 Å². The first-order valence-corrected chi connectivity index (χ1v) is 14.6. The smallest absolute Gasteiger partial charge is 0.303 e. The third-order valence-corrected chi connectivity index (χ3v) is 11.8. The van der Waals surface area contributed by atoms with Crippen molar-refractivity contribution in [2.75, 3.05) is 26.9 Å². The number of fused-ring (bicyclic) bond motifs is 5. The predicted octanol–water partition coefficient (Wildman–Crippen LogP) is 6.32. The van der Waals surface area contributed by atoms with Gasteiger partial charge in [-0.1, -0.05) is 20.8 Å². The van der Waals surface area contributed by atoms with E-state index in [0.717, 1.165) is 49.9 Å². The summed E-state index contributed by atoms with van der Waals surface area (Å²) in [5.41, 5.74) is 0.252. The van der Waals surface area contributed by atoms with Gasteiger partial charge < -0.3 is 19.7 Å². The van der Waals surface area contributed by atoms with Crippen molar-refractivity contribution in [3.05, 3.63) is 0 Å². The van der Waals surface area contributed by atoms with Crippen molar-refractivity contribution in [1.29, 1.82) is 0 Å². The number of aliphatic hydroxyl groups is 1. The number of aliphatic carboxylic acids is 1. The fraction of sp³-hybridized carbons (Fsp3) is 0.967.